The lowest BCUT2D eigenvalue weighted by Crippen LogP contribution is -2.33. The van der Waals surface area contributed by atoms with Gasteiger partial charge < -0.3 is 19.2 Å². The molecule has 0 saturated heterocycles. The van der Waals surface area contributed by atoms with Crippen molar-refractivity contribution < 1.29 is 9.53 Å². The number of ether oxygens (including phenoxy) is 1. The van der Waals surface area contributed by atoms with Crippen molar-refractivity contribution in [2.75, 3.05) is 25.7 Å². The molecule has 2 aromatic heterocycles. The number of hydrogen-bond acceptors (Lipinski definition) is 3. The van der Waals surface area contributed by atoms with Crippen LogP contribution in [0.1, 0.15) is 18.9 Å². The standard InChI is InChI=1S/C21H27N3O2S/c1-26-18-6-7-19-17(16-18)8-14-24(19)13-5-10-22-21(25)20(9-15-27-2)23-11-3-4-12-23/h3-4,6-8,11-12,14,16,20H,5,9-10,13,15H2,1-2H3,(H,22,25)/t20-/m1/s1. The molecule has 0 bridgehead atoms. The number of aryl methyl sites for hydroxylation is 1. The van der Waals surface area contributed by atoms with Gasteiger partial charge in [-0.15, -0.1) is 0 Å². The Morgan fingerprint density at radius 1 is 1.22 bits per heavy atom. The molecule has 3 aromatic rings. The lowest BCUT2D eigenvalue weighted by Gasteiger charge is -2.18. The second kappa shape index (κ2) is 9.55. The highest BCUT2D eigenvalue weighted by molar-refractivity contribution is 7.98. The Bertz CT molecular complexity index is 858. The van der Waals surface area contributed by atoms with E-state index in [1.807, 2.05) is 41.2 Å². The first-order chi connectivity index (χ1) is 13.2. The number of fused-ring (bicyclic) bond motifs is 1. The van der Waals surface area contributed by atoms with Gasteiger partial charge >= 0.3 is 0 Å². The van der Waals surface area contributed by atoms with E-state index >= 15 is 0 Å². The molecule has 0 aliphatic carbocycles. The minimum absolute atomic E-state index is 0.0994. The number of carbonyl (C=O) groups is 1. The molecule has 0 saturated carbocycles. The Hall–Kier alpha value is -2.34. The first-order valence-electron chi connectivity index (χ1n) is 9.25. The fraction of sp³-hybridized carbons (Fsp3) is 0.381. The average molecular weight is 386 g/mol. The molecule has 1 atom stereocenters. The Labute approximate surface area is 164 Å². The van der Waals surface area contributed by atoms with Crippen LogP contribution in [0.4, 0.5) is 0 Å². The summed E-state index contributed by atoms with van der Waals surface area (Å²) in [7, 11) is 1.68. The summed E-state index contributed by atoms with van der Waals surface area (Å²) in [5, 5.41) is 4.28. The molecule has 27 heavy (non-hydrogen) atoms. The number of rotatable bonds is 10. The molecule has 0 fully saturated rings. The summed E-state index contributed by atoms with van der Waals surface area (Å²) < 4.78 is 9.50. The highest BCUT2D eigenvalue weighted by Crippen LogP contribution is 2.22. The van der Waals surface area contributed by atoms with Crippen molar-refractivity contribution in [2.24, 2.45) is 0 Å². The molecule has 144 valence electrons. The maximum Gasteiger partial charge on any atom is 0.243 e. The van der Waals surface area contributed by atoms with Gasteiger partial charge in [-0.3, -0.25) is 4.79 Å². The molecule has 1 amide bonds. The predicted octanol–water partition coefficient (Wildman–Crippen LogP) is 3.95. The fourth-order valence-electron chi connectivity index (χ4n) is 3.28. The number of thioether (sulfide) groups is 1. The molecule has 0 unspecified atom stereocenters. The molecule has 5 nitrogen and oxygen atoms in total. The van der Waals surface area contributed by atoms with Crippen LogP contribution in [0.5, 0.6) is 5.75 Å². The van der Waals surface area contributed by atoms with E-state index in [1.54, 1.807) is 18.9 Å². The SMILES string of the molecule is COc1ccc2c(ccn2CCCNC(=O)[C@@H](CCSC)n2cccc2)c1. The highest BCUT2D eigenvalue weighted by Gasteiger charge is 2.18. The lowest BCUT2D eigenvalue weighted by molar-refractivity contribution is -0.124. The van der Waals surface area contributed by atoms with Crippen molar-refractivity contribution in [2.45, 2.75) is 25.4 Å². The summed E-state index contributed by atoms with van der Waals surface area (Å²) in [5.41, 5.74) is 1.19. The Morgan fingerprint density at radius 3 is 2.78 bits per heavy atom. The monoisotopic (exact) mass is 385 g/mol. The number of hydrogen-bond donors (Lipinski definition) is 1. The first kappa shape index (κ1) is 19.4. The van der Waals surface area contributed by atoms with Crippen LogP contribution >= 0.6 is 11.8 Å². The average Bonchev–Trinajstić information content (AvgIpc) is 3.35. The molecule has 1 N–H and O–H groups in total. The number of amides is 1. The second-order valence-corrected chi connectivity index (χ2v) is 7.49. The third kappa shape index (κ3) is 4.89. The van der Waals surface area contributed by atoms with Gasteiger partial charge in [-0.05, 0) is 61.2 Å². The topological polar surface area (TPSA) is 48.2 Å². The molecule has 0 spiro atoms. The van der Waals surface area contributed by atoms with E-state index in [0.717, 1.165) is 30.9 Å². The zero-order valence-electron chi connectivity index (χ0n) is 15.9. The molecular weight excluding hydrogens is 358 g/mol. The largest absolute Gasteiger partial charge is 0.497 e. The molecule has 2 heterocycles. The number of nitrogens with zero attached hydrogens (tertiary/aromatic N) is 2. The normalized spacial score (nSPS) is 12.2. The zero-order chi connectivity index (χ0) is 19.1. The summed E-state index contributed by atoms with van der Waals surface area (Å²) in [4.78, 5) is 12.6. The van der Waals surface area contributed by atoms with Gasteiger partial charge in [0.2, 0.25) is 5.91 Å². The second-order valence-electron chi connectivity index (χ2n) is 6.51. The molecule has 0 aliphatic rings. The van der Waals surface area contributed by atoms with Gasteiger partial charge in [0.05, 0.1) is 7.11 Å². The van der Waals surface area contributed by atoms with E-state index in [0.29, 0.717) is 6.54 Å². The van der Waals surface area contributed by atoms with Crippen LogP contribution in [0.15, 0.2) is 55.0 Å². The summed E-state index contributed by atoms with van der Waals surface area (Å²) in [6, 6.07) is 12.0. The summed E-state index contributed by atoms with van der Waals surface area (Å²) >= 11 is 1.77. The third-order valence-corrected chi connectivity index (χ3v) is 5.38. The van der Waals surface area contributed by atoms with Gasteiger partial charge in [-0.1, -0.05) is 0 Å². The van der Waals surface area contributed by atoms with Crippen molar-refractivity contribution in [3.05, 3.63) is 55.0 Å². The van der Waals surface area contributed by atoms with E-state index in [9.17, 15) is 4.79 Å². The van der Waals surface area contributed by atoms with Crippen molar-refractivity contribution in [3.63, 3.8) is 0 Å². The first-order valence-corrected chi connectivity index (χ1v) is 10.6. The van der Waals surface area contributed by atoms with Gasteiger partial charge in [0, 0.05) is 42.6 Å². The lowest BCUT2D eigenvalue weighted by atomic mass is 10.2. The Morgan fingerprint density at radius 2 is 2.04 bits per heavy atom. The molecule has 0 radical (unpaired) electrons. The van der Waals surface area contributed by atoms with Crippen molar-refractivity contribution >= 4 is 28.6 Å². The molecule has 1 aromatic carbocycles. The van der Waals surface area contributed by atoms with Crippen LogP contribution in [-0.4, -0.2) is 40.7 Å². The van der Waals surface area contributed by atoms with Crippen LogP contribution in [0.2, 0.25) is 0 Å². The number of methoxy groups -OCH3 is 1. The van der Waals surface area contributed by atoms with E-state index in [1.165, 1.54) is 10.9 Å². The highest BCUT2D eigenvalue weighted by atomic mass is 32.2. The van der Waals surface area contributed by atoms with Crippen LogP contribution < -0.4 is 10.1 Å². The number of benzene rings is 1. The quantitative estimate of drug-likeness (QED) is 0.538. The van der Waals surface area contributed by atoms with Crippen LogP contribution in [0.3, 0.4) is 0 Å². The van der Waals surface area contributed by atoms with E-state index in [4.69, 9.17) is 4.74 Å². The van der Waals surface area contributed by atoms with Gasteiger partial charge in [0.1, 0.15) is 11.8 Å². The van der Waals surface area contributed by atoms with Gasteiger partial charge in [-0.2, -0.15) is 11.8 Å². The van der Waals surface area contributed by atoms with Gasteiger partial charge in [-0.25, -0.2) is 0 Å². The summed E-state index contributed by atoms with van der Waals surface area (Å²) in [6.45, 7) is 1.54. The minimum atomic E-state index is -0.132. The van der Waals surface area contributed by atoms with E-state index in [-0.39, 0.29) is 11.9 Å². The molecule has 0 aliphatic heterocycles. The van der Waals surface area contributed by atoms with Crippen LogP contribution in [-0.2, 0) is 11.3 Å². The van der Waals surface area contributed by atoms with Crippen LogP contribution in [0, 0.1) is 0 Å². The minimum Gasteiger partial charge on any atom is -0.497 e. The zero-order valence-corrected chi connectivity index (χ0v) is 16.7. The van der Waals surface area contributed by atoms with Crippen LogP contribution in [0.25, 0.3) is 10.9 Å². The summed E-state index contributed by atoms with van der Waals surface area (Å²) in [6.07, 6.45) is 9.82. The molecular formula is C21H27N3O2S. The smallest absolute Gasteiger partial charge is 0.243 e. The number of aromatic nitrogens is 2. The van der Waals surface area contributed by atoms with Crippen molar-refractivity contribution in [1.82, 2.24) is 14.5 Å². The molecule has 6 heteroatoms. The maximum atomic E-state index is 12.6. The Kier molecular flexibility index (Phi) is 6.87. The number of nitrogens with one attached hydrogen (secondary N) is 1. The van der Waals surface area contributed by atoms with Crippen molar-refractivity contribution in [1.29, 1.82) is 0 Å². The predicted molar refractivity (Wildman–Crippen MR) is 113 cm³/mol. The van der Waals surface area contributed by atoms with Gasteiger partial charge in [0.15, 0.2) is 0 Å². The van der Waals surface area contributed by atoms with E-state index < -0.39 is 0 Å². The Balaban J connectivity index is 1.52. The van der Waals surface area contributed by atoms with Gasteiger partial charge in [0.25, 0.3) is 0 Å². The third-order valence-electron chi connectivity index (χ3n) is 4.74. The fourth-order valence-corrected chi connectivity index (χ4v) is 3.74. The van der Waals surface area contributed by atoms with Crippen molar-refractivity contribution in [3.8, 4) is 5.75 Å². The van der Waals surface area contributed by atoms with E-state index in [2.05, 4.69) is 34.5 Å². The summed E-state index contributed by atoms with van der Waals surface area (Å²) in [5.74, 6) is 1.94. The molecule has 3 rings (SSSR count). The maximum absolute atomic E-state index is 12.6. The number of carbonyl (C=O) groups excluding carboxylic acids is 1.